The number of carbonyl (C=O) groups excluding carboxylic acids is 1. The molecule has 0 radical (unpaired) electrons. The topological polar surface area (TPSA) is 26.8 Å². The molecule has 0 spiro atoms. The van der Waals surface area contributed by atoms with Crippen LogP contribution in [0.5, 0.6) is 0 Å². The van der Waals surface area contributed by atoms with E-state index >= 15 is 0 Å². The molecular weight excluding hydrogens is 401 g/mol. The highest BCUT2D eigenvalue weighted by molar-refractivity contribution is 14.1. The molecule has 0 bridgehead atoms. The first-order valence-corrected chi connectivity index (χ1v) is 9.68. The molecule has 0 N–H and O–H groups in total. The van der Waals surface area contributed by atoms with Gasteiger partial charge < -0.3 is 4.90 Å². The van der Waals surface area contributed by atoms with E-state index in [0.717, 1.165) is 52.1 Å². The number of piperazine rings is 1. The summed E-state index contributed by atoms with van der Waals surface area (Å²) in [5, 5.41) is 0. The molecule has 4 nitrogen and oxygen atoms in total. The minimum Gasteiger partial charge on any atom is -0.339 e. The lowest BCUT2D eigenvalue weighted by Gasteiger charge is -2.35. The summed E-state index contributed by atoms with van der Waals surface area (Å²) in [6, 6.07) is 9.15. The van der Waals surface area contributed by atoms with Gasteiger partial charge in [0.1, 0.15) is 0 Å². The van der Waals surface area contributed by atoms with E-state index in [0.29, 0.717) is 18.5 Å². The number of halogens is 1. The van der Waals surface area contributed by atoms with Gasteiger partial charge in [0.15, 0.2) is 0 Å². The molecule has 0 saturated carbocycles. The fraction of sp³-hybridized carbons (Fsp3) is 0.611. The van der Waals surface area contributed by atoms with Crippen molar-refractivity contribution in [2.24, 2.45) is 0 Å². The van der Waals surface area contributed by atoms with Crippen molar-refractivity contribution in [1.82, 2.24) is 14.7 Å². The normalized spacial score (nSPS) is 23.4. The molecule has 1 atom stereocenters. The van der Waals surface area contributed by atoms with Gasteiger partial charge in [-0.25, -0.2) is 0 Å². The molecule has 0 aromatic heterocycles. The molecule has 2 heterocycles. The van der Waals surface area contributed by atoms with Crippen LogP contribution in [0.25, 0.3) is 0 Å². The Bertz CT molecular complexity index is 543. The standard InChI is InChI=1S/C18H26IN3O/c1-15-4-3-7-22(15)18(23)14-21-10-8-20(9-11-21)13-16-5-2-6-17(19)12-16/h2,5-6,12,15H,3-4,7-11,13-14H2,1H3. The van der Waals surface area contributed by atoms with Gasteiger partial charge in [0.25, 0.3) is 0 Å². The molecule has 1 amide bonds. The van der Waals surface area contributed by atoms with Crippen LogP contribution in [-0.2, 0) is 11.3 Å². The highest BCUT2D eigenvalue weighted by Crippen LogP contribution is 2.17. The zero-order valence-corrected chi connectivity index (χ0v) is 16.0. The monoisotopic (exact) mass is 427 g/mol. The van der Waals surface area contributed by atoms with Crippen molar-refractivity contribution in [3.8, 4) is 0 Å². The second-order valence-electron chi connectivity index (χ2n) is 6.76. The van der Waals surface area contributed by atoms with Crippen molar-refractivity contribution < 1.29 is 4.79 Å². The molecule has 2 aliphatic heterocycles. The zero-order valence-electron chi connectivity index (χ0n) is 13.9. The lowest BCUT2D eigenvalue weighted by molar-refractivity contribution is -0.133. The van der Waals surface area contributed by atoms with Crippen molar-refractivity contribution >= 4 is 28.5 Å². The Kier molecular flexibility index (Phi) is 5.93. The van der Waals surface area contributed by atoms with Gasteiger partial charge in [-0.3, -0.25) is 14.6 Å². The van der Waals surface area contributed by atoms with Crippen LogP contribution in [0.1, 0.15) is 25.3 Å². The summed E-state index contributed by atoms with van der Waals surface area (Å²) < 4.78 is 1.30. The molecule has 23 heavy (non-hydrogen) atoms. The first-order valence-electron chi connectivity index (χ1n) is 8.60. The Balaban J connectivity index is 1.44. The van der Waals surface area contributed by atoms with E-state index in [1.165, 1.54) is 9.13 Å². The number of likely N-dealkylation sites (tertiary alicyclic amines) is 1. The third-order valence-electron chi connectivity index (χ3n) is 4.99. The van der Waals surface area contributed by atoms with Gasteiger partial charge in [-0.2, -0.15) is 0 Å². The Morgan fingerprint density at radius 2 is 1.91 bits per heavy atom. The van der Waals surface area contributed by atoms with Crippen molar-refractivity contribution in [2.75, 3.05) is 39.3 Å². The number of nitrogens with zero attached hydrogens (tertiary/aromatic N) is 3. The van der Waals surface area contributed by atoms with Crippen LogP contribution in [0.4, 0.5) is 0 Å². The van der Waals surface area contributed by atoms with E-state index in [4.69, 9.17) is 0 Å². The summed E-state index contributed by atoms with van der Waals surface area (Å²) in [4.78, 5) is 19.3. The number of hydrogen-bond acceptors (Lipinski definition) is 3. The molecular formula is C18H26IN3O. The number of hydrogen-bond donors (Lipinski definition) is 0. The third kappa shape index (κ3) is 4.67. The van der Waals surface area contributed by atoms with E-state index < -0.39 is 0 Å². The number of carbonyl (C=O) groups is 1. The third-order valence-corrected chi connectivity index (χ3v) is 5.66. The Labute approximate surface area is 153 Å². The number of benzene rings is 1. The number of amides is 1. The maximum Gasteiger partial charge on any atom is 0.236 e. The van der Waals surface area contributed by atoms with Crippen LogP contribution in [0.2, 0.25) is 0 Å². The van der Waals surface area contributed by atoms with Crippen molar-refractivity contribution in [2.45, 2.75) is 32.4 Å². The zero-order chi connectivity index (χ0) is 16.2. The Morgan fingerprint density at radius 1 is 1.17 bits per heavy atom. The lowest BCUT2D eigenvalue weighted by atomic mass is 10.2. The second kappa shape index (κ2) is 7.94. The van der Waals surface area contributed by atoms with Crippen LogP contribution in [0, 0.1) is 3.57 Å². The van der Waals surface area contributed by atoms with Crippen LogP contribution in [-0.4, -0.2) is 65.9 Å². The van der Waals surface area contributed by atoms with Crippen molar-refractivity contribution in [3.63, 3.8) is 0 Å². The van der Waals surface area contributed by atoms with Gasteiger partial charge in [-0.05, 0) is 60.1 Å². The Hall–Kier alpha value is -0.660. The van der Waals surface area contributed by atoms with E-state index in [-0.39, 0.29) is 0 Å². The maximum absolute atomic E-state index is 12.4. The fourth-order valence-electron chi connectivity index (χ4n) is 3.58. The molecule has 2 aliphatic rings. The minimum absolute atomic E-state index is 0.320. The summed E-state index contributed by atoms with van der Waals surface area (Å²) in [5.41, 5.74) is 1.38. The average molecular weight is 427 g/mol. The van der Waals surface area contributed by atoms with Gasteiger partial charge in [0, 0.05) is 48.9 Å². The SMILES string of the molecule is CC1CCCN1C(=O)CN1CCN(Cc2cccc(I)c2)CC1. The predicted molar refractivity (Wildman–Crippen MR) is 101 cm³/mol. The number of rotatable bonds is 4. The largest absolute Gasteiger partial charge is 0.339 e. The highest BCUT2D eigenvalue weighted by atomic mass is 127. The summed E-state index contributed by atoms with van der Waals surface area (Å²) in [6.45, 7) is 8.83. The van der Waals surface area contributed by atoms with Gasteiger partial charge >= 0.3 is 0 Å². The van der Waals surface area contributed by atoms with Gasteiger partial charge in [0.05, 0.1) is 6.54 Å². The quantitative estimate of drug-likeness (QED) is 0.691. The summed E-state index contributed by atoms with van der Waals surface area (Å²) in [6.07, 6.45) is 2.33. The fourth-order valence-corrected chi connectivity index (χ4v) is 4.19. The smallest absolute Gasteiger partial charge is 0.236 e. The first kappa shape index (κ1) is 17.2. The summed E-state index contributed by atoms with van der Waals surface area (Å²) in [7, 11) is 0. The summed E-state index contributed by atoms with van der Waals surface area (Å²) in [5.74, 6) is 0.320. The van der Waals surface area contributed by atoms with Crippen LogP contribution in [0.15, 0.2) is 24.3 Å². The van der Waals surface area contributed by atoms with E-state index in [1.54, 1.807) is 0 Å². The van der Waals surface area contributed by atoms with Crippen LogP contribution >= 0.6 is 22.6 Å². The Morgan fingerprint density at radius 3 is 2.57 bits per heavy atom. The molecule has 5 heteroatoms. The molecule has 3 rings (SSSR count). The summed E-state index contributed by atoms with van der Waals surface area (Å²) >= 11 is 2.37. The van der Waals surface area contributed by atoms with Gasteiger partial charge in [-0.1, -0.05) is 12.1 Å². The maximum atomic E-state index is 12.4. The van der Waals surface area contributed by atoms with E-state index in [1.807, 2.05) is 0 Å². The van der Waals surface area contributed by atoms with Crippen molar-refractivity contribution in [3.05, 3.63) is 33.4 Å². The van der Waals surface area contributed by atoms with E-state index in [9.17, 15) is 4.79 Å². The lowest BCUT2D eigenvalue weighted by Crippen LogP contribution is -2.50. The molecule has 1 unspecified atom stereocenters. The van der Waals surface area contributed by atoms with Crippen LogP contribution < -0.4 is 0 Å². The minimum atomic E-state index is 0.320. The van der Waals surface area contributed by atoms with Crippen LogP contribution in [0.3, 0.4) is 0 Å². The second-order valence-corrected chi connectivity index (χ2v) is 8.01. The molecule has 126 valence electrons. The van der Waals surface area contributed by atoms with Crippen molar-refractivity contribution in [1.29, 1.82) is 0 Å². The highest BCUT2D eigenvalue weighted by Gasteiger charge is 2.27. The first-order chi connectivity index (χ1) is 11.1. The molecule has 1 aromatic rings. The molecule has 0 aliphatic carbocycles. The van der Waals surface area contributed by atoms with Gasteiger partial charge in [-0.15, -0.1) is 0 Å². The molecule has 1 aromatic carbocycles. The van der Waals surface area contributed by atoms with E-state index in [2.05, 4.69) is 68.5 Å². The molecule has 2 saturated heterocycles. The molecule has 2 fully saturated rings. The predicted octanol–water partition coefficient (Wildman–Crippen LogP) is 2.42. The average Bonchev–Trinajstić information content (AvgIpc) is 2.95. The van der Waals surface area contributed by atoms with Gasteiger partial charge in [0.2, 0.25) is 5.91 Å².